The van der Waals surface area contributed by atoms with Crippen LogP contribution in [0.2, 0.25) is 0 Å². The largest absolute Gasteiger partial charge is 0.204 e. The first-order valence-electron chi connectivity index (χ1n) is 3.56. The third kappa shape index (κ3) is 1.82. The first-order chi connectivity index (χ1) is 6.49. The molecule has 0 nitrogen and oxygen atoms in total. The summed E-state index contributed by atoms with van der Waals surface area (Å²) in [6.07, 6.45) is 0. The van der Waals surface area contributed by atoms with Crippen molar-refractivity contribution in [3.8, 4) is 0 Å². The molecule has 0 fully saturated rings. The van der Waals surface area contributed by atoms with E-state index in [1.807, 2.05) is 0 Å². The molecule has 0 aliphatic heterocycles. The zero-order valence-corrected chi connectivity index (χ0v) is 8.47. The van der Waals surface area contributed by atoms with E-state index < -0.39 is 28.8 Å². The Kier molecular flexibility index (Phi) is 3.31. The fourth-order valence-corrected chi connectivity index (χ4v) is 1.23. The predicted octanol–water partition coefficient (Wildman–Crippen LogP) is 3.65. The Morgan fingerprint density at radius 2 is 1.57 bits per heavy atom. The van der Waals surface area contributed by atoms with Gasteiger partial charge in [-0.05, 0) is 5.57 Å². The fraction of sp³-hybridized carbons (Fsp3) is 0.111. The van der Waals surface area contributed by atoms with Crippen molar-refractivity contribution in [2.45, 2.75) is 0 Å². The quantitative estimate of drug-likeness (QED) is 0.436. The van der Waals surface area contributed by atoms with Crippen molar-refractivity contribution >= 4 is 21.5 Å². The minimum Gasteiger partial charge on any atom is -0.204 e. The van der Waals surface area contributed by atoms with Gasteiger partial charge < -0.3 is 0 Å². The summed E-state index contributed by atoms with van der Waals surface area (Å²) in [6, 6.07) is 0.162. The van der Waals surface area contributed by atoms with Crippen molar-refractivity contribution in [1.29, 1.82) is 0 Å². The highest BCUT2D eigenvalue weighted by atomic mass is 79.9. The maximum atomic E-state index is 13.0. The van der Waals surface area contributed by atoms with E-state index in [4.69, 9.17) is 0 Å². The smallest absolute Gasteiger partial charge is 0.169 e. The molecule has 0 N–H and O–H groups in total. The Hall–Kier alpha value is -0.840. The Bertz CT molecular complexity index is 361. The molecular formula is C9H5BrF4. The van der Waals surface area contributed by atoms with Crippen LogP contribution >= 0.6 is 15.9 Å². The minimum absolute atomic E-state index is 0.0315. The average molecular weight is 269 g/mol. The standard InChI is InChI=1S/C9H5BrF4/c1-4(3-10)7-8(13)5(11)2-6(12)9(7)14/h2H,1,3H2. The Morgan fingerprint density at radius 3 is 1.93 bits per heavy atom. The molecule has 1 aromatic carbocycles. The van der Waals surface area contributed by atoms with Crippen molar-refractivity contribution < 1.29 is 17.6 Å². The molecule has 1 aromatic rings. The Morgan fingerprint density at radius 1 is 1.14 bits per heavy atom. The van der Waals surface area contributed by atoms with E-state index in [9.17, 15) is 17.6 Å². The molecule has 0 radical (unpaired) electrons. The molecule has 0 aromatic heterocycles. The first kappa shape index (κ1) is 11.2. The topological polar surface area (TPSA) is 0 Å². The molecule has 0 aliphatic carbocycles. The molecule has 0 aliphatic rings. The van der Waals surface area contributed by atoms with Gasteiger partial charge in [-0.1, -0.05) is 22.5 Å². The van der Waals surface area contributed by atoms with Crippen LogP contribution < -0.4 is 0 Å². The van der Waals surface area contributed by atoms with Crippen LogP contribution in [0.4, 0.5) is 17.6 Å². The van der Waals surface area contributed by atoms with E-state index in [1.165, 1.54) is 0 Å². The molecule has 0 bridgehead atoms. The SMILES string of the molecule is C=C(CBr)c1c(F)c(F)cc(F)c1F. The number of rotatable bonds is 2. The van der Waals surface area contributed by atoms with Gasteiger partial charge in [-0.2, -0.15) is 0 Å². The molecule has 0 saturated carbocycles. The number of alkyl halides is 1. The van der Waals surface area contributed by atoms with Gasteiger partial charge in [0, 0.05) is 11.4 Å². The van der Waals surface area contributed by atoms with Crippen molar-refractivity contribution in [2.75, 3.05) is 5.33 Å². The van der Waals surface area contributed by atoms with E-state index in [0.29, 0.717) is 0 Å². The summed E-state index contributed by atoms with van der Waals surface area (Å²) in [5.41, 5.74) is -0.808. The fourth-order valence-electron chi connectivity index (χ4n) is 0.950. The Balaban J connectivity index is 3.47. The third-order valence-corrected chi connectivity index (χ3v) is 2.30. The van der Waals surface area contributed by atoms with Crippen LogP contribution in [0.1, 0.15) is 5.56 Å². The number of halogens is 5. The van der Waals surface area contributed by atoms with Crippen LogP contribution in [0.5, 0.6) is 0 Å². The van der Waals surface area contributed by atoms with E-state index >= 15 is 0 Å². The lowest BCUT2D eigenvalue weighted by atomic mass is 10.1. The number of benzene rings is 1. The van der Waals surface area contributed by atoms with Gasteiger partial charge in [0.25, 0.3) is 0 Å². The maximum Gasteiger partial charge on any atom is 0.169 e. The molecule has 0 amide bonds. The number of hydrogen-bond acceptors (Lipinski definition) is 0. The average Bonchev–Trinajstić information content (AvgIpc) is 2.15. The molecule has 14 heavy (non-hydrogen) atoms. The molecule has 0 spiro atoms. The normalized spacial score (nSPS) is 10.4. The maximum absolute atomic E-state index is 13.0. The van der Waals surface area contributed by atoms with Crippen molar-refractivity contribution in [2.24, 2.45) is 0 Å². The van der Waals surface area contributed by atoms with Crippen LogP contribution in [0, 0.1) is 23.3 Å². The zero-order chi connectivity index (χ0) is 10.9. The molecule has 0 atom stereocenters. The summed E-state index contributed by atoms with van der Waals surface area (Å²) in [6.45, 7) is 3.29. The molecular weight excluding hydrogens is 264 g/mol. The lowest BCUT2D eigenvalue weighted by molar-refractivity contribution is 0.450. The third-order valence-electron chi connectivity index (χ3n) is 1.63. The molecule has 0 unspecified atom stereocenters. The number of hydrogen-bond donors (Lipinski definition) is 0. The van der Waals surface area contributed by atoms with Crippen molar-refractivity contribution in [1.82, 2.24) is 0 Å². The lowest BCUT2D eigenvalue weighted by Gasteiger charge is -2.06. The summed E-state index contributed by atoms with van der Waals surface area (Å²) in [5, 5.41) is 0.0315. The highest BCUT2D eigenvalue weighted by Crippen LogP contribution is 2.25. The van der Waals surface area contributed by atoms with Gasteiger partial charge in [-0.3, -0.25) is 0 Å². The van der Waals surface area contributed by atoms with Gasteiger partial charge in [-0.25, -0.2) is 17.6 Å². The van der Waals surface area contributed by atoms with Gasteiger partial charge in [-0.15, -0.1) is 0 Å². The van der Waals surface area contributed by atoms with Crippen LogP contribution in [0.25, 0.3) is 5.57 Å². The first-order valence-corrected chi connectivity index (χ1v) is 4.68. The zero-order valence-electron chi connectivity index (χ0n) is 6.88. The van der Waals surface area contributed by atoms with E-state index in [0.717, 1.165) is 0 Å². The van der Waals surface area contributed by atoms with Gasteiger partial charge in [0.1, 0.15) is 0 Å². The molecule has 1 rings (SSSR count). The van der Waals surface area contributed by atoms with Gasteiger partial charge in [0.15, 0.2) is 23.3 Å². The summed E-state index contributed by atoms with van der Waals surface area (Å²) in [4.78, 5) is 0. The molecule has 5 heteroatoms. The summed E-state index contributed by atoms with van der Waals surface area (Å²) < 4.78 is 51.4. The summed E-state index contributed by atoms with van der Waals surface area (Å²) >= 11 is 2.89. The molecule has 0 heterocycles. The monoisotopic (exact) mass is 268 g/mol. The number of allylic oxidation sites excluding steroid dienone is 1. The van der Waals surface area contributed by atoms with Crippen molar-refractivity contribution in [3.05, 3.63) is 41.5 Å². The van der Waals surface area contributed by atoms with Gasteiger partial charge in [0.05, 0.1) is 5.56 Å². The minimum atomic E-state index is -1.43. The summed E-state index contributed by atoms with van der Waals surface area (Å²) in [7, 11) is 0. The van der Waals surface area contributed by atoms with Crippen LogP contribution in [0.3, 0.4) is 0 Å². The van der Waals surface area contributed by atoms with E-state index in [2.05, 4.69) is 22.5 Å². The second kappa shape index (κ2) is 4.13. The van der Waals surface area contributed by atoms with Gasteiger partial charge in [0.2, 0.25) is 0 Å². The second-order valence-corrected chi connectivity index (χ2v) is 3.14. The highest BCUT2D eigenvalue weighted by Gasteiger charge is 2.20. The van der Waals surface area contributed by atoms with Crippen LogP contribution in [-0.2, 0) is 0 Å². The Labute approximate surface area is 86.4 Å². The lowest BCUT2D eigenvalue weighted by Crippen LogP contribution is -2.02. The summed E-state index contributed by atoms with van der Waals surface area (Å²) in [5.74, 6) is -5.70. The van der Waals surface area contributed by atoms with Gasteiger partial charge >= 0.3 is 0 Å². The molecule has 0 saturated heterocycles. The molecule has 76 valence electrons. The second-order valence-electron chi connectivity index (χ2n) is 2.58. The van der Waals surface area contributed by atoms with E-state index in [1.54, 1.807) is 0 Å². The predicted molar refractivity (Wildman–Crippen MR) is 49.1 cm³/mol. The van der Waals surface area contributed by atoms with Crippen LogP contribution in [-0.4, -0.2) is 5.33 Å². The highest BCUT2D eigenvalue weighted by molar-refractivity contribution is 9.09. The van der Waals surface area contributed by atoms with Crippen molar-refractivity contribution in [3.63, 3.8) is 0 Å². The van der Waals surface area contributed by atoms with E-state index in [-0.39, 0.29) is 17.0 Å². The van der Waals surface area contributed by atoms with Crippen LogP contribution in [0.15, 0.2) is 12.6 Å².